The normalized spacial score (nSPS) is 10.9. The Morgan fingerprint density at radius 3 is 2.70 bits per heavy atom. The fourth-order valence-corrected chi connectivity index (χ4v) is 2.34. The van der Waals surface area contributed by atoms with E-state index in [1.165, 1.54) is 0 Å². The number of hydrogen-bond acceptors (Lipinski definition) is 3. The van der Waals surface area contributed by atoms with Crippen molar-refractivity contribution in [2.75, 3.05) is 12.8 Å². The molecule has 4 nitrogen and oxygen atoms in total. The van der Waals surface area contributed by atoms with E-state index in [4.69, 9.17) is 16.2 Å². The summed E-state index contributed by atoms with van der Waals surface area (Å²) in [4.78, 5) is 3.40. The van der Waals surface area contributed by atoms with Crippen LogP contribution in [-0.2, 0) is 6.54 Å². The zero-order chi connectivity index (χ0) is 14.1. The number of anilines is 1. The first kappa shape index (κ1) is 12.6. The van der Waals surface area contributed by atoms with Crippen LogP contribution in [0.2, 0.25) is 0 Å². The quantitative estimate of drug-likeness (QED) is 0.638. The van der Waals surface area contributed by atoms with Gasteiger partial charge in [0.1, 0.15) is 5.75 Å². The van der Waals surface area contributed by atoms with Crippen LogP contribution < -0.4 is 16.2 Å². The number of nitrogen functional groups attached to an aromatic ring is 1. The molecule has 20 heavy (non-hydrogen) atoms. The summed E-state index contributed by atoms with van der Waals surface area (Å²) in [6, 6.07) is 14.1. The van der Waals surface area contributed by atoms with E-state index >= 15 is 0 Å². The smallest absolute Gasteiger partial charge is 0.142 e. The standard InChI is InChI=1S/C16H17N3O/c1-20-16-8-11(3-4-13(16)18)15-7-12-6-10(9-17)2-5-14(12)19-15/h2-8,19H,9,17-18H2,1H3. The average molecular weight is 267 g/mol. The summed E-state index contributed by atoms with van der Waals surface area (Å²) in [6.07, 6.45) is 0. The third-order valence-corrected chi connectivity index (χ3v) is 3.47. The predicted octanol–water partition coefficient (Wildman–Crippen LogP) is 2.88. The van der Waals surface area contributed by atoms with Gasteiger partial charge in [-0.3, -0.25) is 0 Å². The van der Waals surface area contributed by atoms with Crippen molar-refractivity contribution in [2.45, 2.75) is 6.54 Å². The molecule has 3 aromatic rings. The number of H-pyrrole nitrogens is 1. The molecule has 0 atom stereocenters. The molecule has 0 saturated heterocycles. The Morgan fingerprint density at radius 1 is 1.10 bits per heavy atom. The van der Waals surface area contributed by atoms with Crippen molar-refractivity contribution in [1.82, 2.24) is 4.98 Å². The lowest BCUT2D eigenvalue weighted by molar-refractivity contribution is 0.417. The first-order valence-electron chi connectivity index (χ1n) is 6.47. The van der Waals surface area contributed by atoms with Crippen LogP contribution in [0.4, 0.5) is 5.69 Å². The molecule has 0 aliphatic carbocycles. The van der Waals surface area contributed by atoms with E-state index in [-0.39, 0.29) is 0 Å². The zero-order valence-corrected chi connectivity index (χ0v) is 11.3. The topological polar surface area (TPSA) is 77.1 Å². The van der Waals surface area contributed by atoms with Gasteiger partial charge in [0.05, 0.1) is 12.8 Å². The van der Waals surface area contributed by atoms with Crippen molar-refractivity contribution in [2.24, 2.45) is 5.73 Å². The molecule has 0 spiro atoms. The Labute approximate surface area is 117 Å². The molecular weight excluding hydrogens is 250 g/mol. The van der Waals surface area contributed by atoms with E-state index in [1.807, 2.05) is 24.3 Å². The van der Waals surface area contributed by atoms with Gasteiger partial charge in [-0.2, -0.15) is 0 Å². The second-order valence-corrected chi connectivity index (χ2v) is 4.77. The van der Waals surface area contributed by atoms with E-state index in [1.54, 1.807) is 7.11 Å². The molecular formula is C16H17N3O. The van der Waals surface area contributed by atoms with E-state index in [2.05, 4.69) is 23.2 Å². The first-order valence-corrected chi connectivity index (χ1v) is 6.47. The van der Waals surface area contributed by atoms with Gasteiger partial charge in [-0.25, -0.2) is 0 Å². The highest BCUT2D eigenvalue weighted by atomic mass is 16.5. The van der Waals surface area contributed by atoms with Gasteiger partial charge < -0.3 is 21.2 Å². The van der Waals surface area contributed by atoms with Crippen LogP contribution in [-0.4, -0.2) is 12.1 Å². The highest BCUT2D eigenvalue weighted by Crippen LogP contribution is 2.30. The summed E-state index contributed by atoms with van der Waals surface area (Å²) in [5.41, 5.74) is 16.4. The van der Waals surface area contributed by atoms with Crippen LogP contribution >= 0.6 is 0 Å². The second-order valence-electron chi connectivity index (χ2n) is 4.77. The Kier molecular flexibility index (Phi) is 3.08. The summed E-state index contributed by atoms with van der Waals surface area (Å²) in [5, 5.41) is 1.15. The van der Waals surface area contributed by atoms with Gasteiger partial charge in [0, 0.05) is 28.7 Å². The van der Waals surface area contributed by atoms with Gasteiger partial charge in [0.15, 0.2) is 0 Å². The van der Waals surface area contributed by atoms with Gasteiger partial charge >= 0.3 is 0 Å². The number of ether oxygens (including phenoxy) is 1. The van der Waals surface area contributed by atoms with E-state index in [0.717, 1.165) is 27.7 Å². The highest BCUT2D eigenvalue weighted by molar-refractivity contribution is 5.87. The third kappa shape index (κ3) is 2.10. The van der Waals surface area contributed by atoms with Gasteiger partial charge in [-0.15, -0.1) is 0 Å². The number of aromatic nitrogens is 1. The molecule has 0 aliphatic heterocycles. The fourth-order valence-electron chi connectivity index (χ4n) is 2.34. The SMILES string of the molecule is COc1cc(-c2cc3cc(CN)ccc3[nH]2)ccc1N. The van der Waals surface area contributed by atoms with Crippen molar-refractivity contribution in [3.8, 4) is 17.0 Å². The Bertz CT molecular complexity index is 762. The lowest BCUT2D eigenvalue weighted by Gasteiger charge is -2.06. The van der Waals surface area contributed by atoms with Gasteiger partial charge in [0.2, 0.25) is 0 Å². The number of benzene rings is 2. The highest BCUT2D eigenvalue weighted by Gasteiger charge is 2.07. The average Bonchev–Trinajstić information content (AvgIpc) is 2.90. The molecule has 0 aliphatic rings. The molecule has 3 rings (SSSR count). The fraction of sp³-hybridized carbons (Fsp3) is 0.125. The molecule has 0 radical (unpaired) electrons. The van der Waals surface area contributed by atoms with Crippen LogP contribution in [0, 0.1) is 0 Å². The van der Waals surface area contributed by atoms with Crippen molar-refractivity contribution in [3.05, 3.63) is 48.0 Å². The number of nitrogens with one attached hydrogen (secondary N) is 1. The Balaban J connectivity index is 2.09. The first-order chi connectivity index (χ1) is 9.71. The number of fused-ring (bicyclic) bond motifs is 1. The monoisotopic (exact) mass is 267 g/mol. The van der Waals surface area contributed by atoms with Crippen LogP contribution in [0.25, 0.3) is 22.2 Å². The summed E-state index contributed by atoms with van der Waals surface area (Å²) in [6.45, 7) is 0.548. The maximum Gasteiger partial charge on any atom is 0.142 e. The molecule has 2 aromatic carbocycles. The molecule has 0 bridgehead atoms. The molecule has 0 saturated carbocycles. The molecule has 5 N–H and O–H groups in total. The largest absolute Gasteiger partial charge is 0.495 e. The van der Waals surface area contributed by atoms with Crippen LogP contribution in [0.1, 0.15) is 5.56 Å². The molecule has 0 unspecified atom stereocenters. The van der Waals surface area contributed by atoms with Crippen molar-refractivity contribution < 1.29 is 4.74 Å². The number of methoxy groups -OCH3 is 1. The number of aromatic amines is 1. The zero-order valence-electron chi connectivity index (χ0n) is 11.3. The van der Waals surface area contributed by atoms with Crippen molar-refractivity contribution in [3.63, 3.8) is 0 Å². The molecule has 0 fully saturated rings. The lowest BCUT2D eigenvalue weighted by Crippen LogP contribution is -1.94. The van der Waals surface area contributed by atoms with E-state index in [0.29, 0.717) is 18.0 Å². The summed E-state index contributed by atoms with van der Waals surface area (Å²) >= 11 is 0. The third-order valence-electron chi connectivity index (χ3n) is 3.47. The van der Waals surface area contributed by atoms with E-state index in [9.17, 15) is 0 Å². The molecule has 1 heterocycles. The predicted molar refractivity (Wildman–Crippen MR) is 82.6 cm³/mol. The second kappa shape index (κ2) is 4.90. The summed E-state index contributed by atoms with van der Waals surface area (Å²) in [7, 11) is 1.62. The van der Waals surface area contributed by atoms with Crippen LogP contribution in [0.5, 0.6) is 5.75 Å². The van der Waals surface area contributed by atoms with Crippen LogP contribution in [0.3, 0.4) is 0 Å². The van der Waals surface area contributed by atoms with Gasteiger partial charge in [0.25, 0.3) is 0 Å². The molecule has 102 valence electrons. The number of nitrogens with two attached hydrogens (primary N) is 2. The van der Waals surface area contributed by atoms with E-state index < -0.39 is 0 Å². The molecule has 1 aromatic heterocycles. The van der Waals surface area contributed by atoms with Crippen molar-refractivity contribution >= 4 is 16.6 Å². The summed E-state index contributed by atoms with van der Waals surface area (Å²) < 4.78 is 5.26. The van der Waals surface area contributed by atoms with Gasteiger partial charge in [-0.05, 0) is 35.9 Å². The Hall–Kier alpha value is -2.46. The minimum atomic E-state index is 0.548. The van der Waals surface area contributed by atoms with Gasteiger partial charge in [-0.1, -0.05) is 12.1 Å². The maximum atomic E-state index is 5.84. The molecule has 0 amide bonds. The minimum absolute atomic E-state index is 0.548. The number of rotatable bonds is 3. The summed E-state index contributed by atoms with van der Waals surface area (Å²) in [5.74, 6) is 0.684. The van der Waals surface area contributed by atoms with Crippen LogP contribution in [0.15, 0.2) is 42.5 Å². The number of hydrogen-bond donors (Lipinski definition) is 3. The van der Waals surface area contributed by atoms with Crippen molar-refractivity contribution in [1.29, 1.82) is 0 Å². The maximum absolute atomic E-state index is 5.84. The minimum Gasteiger partial charge on any atom is -0.495 e. The molecule has 4 heteroatoms. The Morgan fingerprint density at radius 2 is 1.95 bits per heavy atom. The lowest BCUT2D eigenvalue weighted by atomic mass is 10.1.